The highest BCUT2D eigenvalue weighted by Gasteiger charge is 2.39. The van der Waals surface area contributed by atoms with Crippen LogP contribution in [0.25, 0.3) is 27.8 Å². The van der Waals surface area contributed by atoms with Crippen LogP contribution in [0.2, 0.25) is 0 Å². The van der Waals surface area contributed by atoms with Crippen LogP contribution in [0.5, 0.6) is 0 Å². The highest BCUT2D eigenvalue weighted by Crippen LogP contribution is 2.34. The maximum Gasteiger partial charge on any atom is 0.435 e. The second-order valence-electron chi connectivity index (χ2n) is 7.73. The van der Waals surface area contributed by atoms with Gasteiger partial charge in [-0.05, 0) is 35.9 Å². The van der Waals surface area contributed by atoms with Crippen molar-refractivity contribution in [1.29, 1.82) is 0 Å². The fourth-order valence-electron chi connectivity index (χ4n) is 3.80. The SMILES string of the molecule is O=C(Nc1ccccc1-c1cc(F)cc(F)c1)c1cn(-c2cc3ccccc3[nH]2)nc1C(F)(F)F. The van der Waals surface area contributed by atoms with E-state index in [1.807, 2.05) is 0 Å². The van der Waals surface area contributed by atoms with Gasteiger partial charge in [0.25, 0.3) is 5.91 Å². The number of hydrogen-bond acceptors (Lipinski definition) is 2. The van der Waals surface area contributed by atoms with Crippen molar-refractivity contribution in [3.8, 4) is 16.9 Å². The molecule has 0 aliphatic rings. The van der Waals surface area contributed by atoms with Gasteiger partial charge in [0, 0.05) is 34.4 Å². The molecule has 2 N–H and O–H groups in total. The van der Waals surface area contributed by atoms with E-state index in [0.29, 0.717) is 11.6 Å². The minimum Gasteiger partial charge on any atom is -0.340 e. The summed E-state index contributed by atoms with van der Waals surface area (Å²) in [7, 11) is 0. The Bertz CT molecular complexity index is 1510. The Morgan fingerprint density at radius 2 is 1.60 bits per heavy atom. The molecule has 0 radical (unpaired) electrons. The van der Waals surface area contributed by atoms with Crippen LogP contribution in [0.1, 0.15) is 16.1 Å². The maximum atomic E-state index is 13.8. The molecule has 10 heteroatoms. The zero-order chi connectivity index (χ0) is 24.7. The first-order valence-corrected chi connectivity index (χ1v) is 10.3. The molecule has 0 saturated carbocycles. The van der Waals surface area contributed by atoms with Crippen molar-refractivity contribution < 1.29 is 26.7 Å². The summed E-state index contributed by atoms with van der Waals surface area (Å²) in [5.41, 5.74) is -0.971. The highest BCUT2D eigenvalue weighted by atomic mass is 19.4. The van der Waals surface area contributed by atoms with E-state index in [1.54, 1.807) is 36.4 Å². The lowest BCUT2D eigenvalue weighted by Crippen LogP contribution is -2.18. The molecule has 0 atom stereocenters. The molecule has 0 unspecified atom stereocenters. The van der Waals surface area contributed by atoms with Gasteiger partial charge in [-0.1, -0.05) is 36.4 Å². The van der Waals surface area contributed by atoms with E-state index >= 15 is 0 Å². The van der Waals surface area contributed by atoms with Crippen molar-refractivity contribution in [2.45, 2.75) is 6.18 Å². The second-order valence-corrected chi connectivity index (χ2v) is 7.73. The van der Waals surface area contributed by atoms with Gasteiger partial charge in [-0.2, -0.15) is 18.3 Å². The molecule has 176 valence electrons. The van der Waals surface area contributed by atoms with Crippen LogP contribution < -0.4 is 5.32 Å². The molecule has 5 rings (SSSR count). The molecular formula is C25H15F5N4O. The summed E-state index contributed by atoms with van der Waals surface area (Å²) >= 11 is 0. The van der Waals surface area contributed by atoms with Crippen LogP contribution in [0, 0.1) is 11.6 Å². The summed E-state index contributed by atoms with van der Waals surface area (Å²) in [6, 6.07) is 17.5. The quantitative estimate of drug-likeness (QED) is 0.285. The van der Waals surface area contributed by atoms with Crippen molar-refractivity contribution >= 4 is 22.5 Å². The molecule has 3 aromatic carbocycles. The Labute approximate surface area is 194 Å². The Balaban J connectivity index is 1.54. The number of halogens is 5. The maximum absolute atomic E-state index is 13.8. The summed E-state index contributed by atoms with van der Waals surface area (Å²) in [4.78, 5) is 16.0. The van der Waals surface area contributed by atoms with E-state index in [2.05, 4.69) is 15.4 Å². The number of aromatic amines is 1. The Hall–Kier alpha value is -4.47. The number of amides is 1. The lowest BCUT2D eigenvalue weighted by Gasteiger charge is -2.12. The van der Waals surface area contributed by atoms with E-state index in [0.717, 1.165) is 28.4 Å². The van der Waals surface area contributed by atoms with Crippen LogP contribution in [-0.4, -0.2) is 20.7 Å². The summed E-state index contributed by atoms with van der Waals surface area (Å²) in [5, 5.41) is 6.79. The monoisotopic (exact) mass is 482 g/mol. The summed E-state index contributed by atoms with van der Waals surface area (Å²) < 4.78 is 69.7. The first kappa shape index (κ1) is 22.3. The molecule has 35 heavy (non-hydrogen) atoms. The lowest BCUT2D eigenvalue weighted by atomic mass is 10.0. The zero-order valence-corrected chi connectivity index (χ0v) is 17.7. The number of H-pyrrole nitrogens is 1. The number of carbonyl (C=O) groups excluding carboxylic acids is 1. The van der Waals surface area contributed by atoms with Crippen molar-refractivity contribution in [2.75, 3.05) is 5.32 Å². The van der Waals surface area contributed by atoms with Gasteiger partial charge in [-0.15, -0.1) is 0 Å². The number of anilines is 1. The van der Waals surface area contributed by atoms with Gasteiger partial charge in [-0.3, -0.25) is 4.79 Å². The number of hydrogen-bond donors (Lipinski definition) is 2. The molecule has 2 heterocycles. The number of nitrogens with zero attached hydrogens (tertiary/aromatic N) is 2. The Kier molecular flexibility index (Phi) is 5.35. The molecule has 5 aromatic rings. The molecule has 0 aliphatic heterocycles. The smallest absolute Gasteiger partial charge is 0.340 e. The molecule has 0 fully saturated rings. The van der Waals surface area contributed by atoms with Gasteiger partial charge in [0.05, 0.1) is 5.56 Å². The van der Waals surface area contributed by atoms with Gasteiger partial charge in [0.15, 0.2) is 5.69 Å². The first-order valence-electron chi connectivity index (χ1n) is 10.3. The number of fused-ring (bicyclic) bond motifs is 1. The van der Waals surface area contributed by atoms with Gasteiger partial charge < -0.3 is 10.3 Å². The van der Waals surface area contributed by atoms with Crippen LogP contribution in [0.4, 0.5) is 27.6 Å². The van der Waals surface area contributed by atoms with Crippen LogP contribution in [-0.2, 0) is 6.18 Å². The number of carbonyl (C=O) groups is 1. The minimum atomic E-state index is -4.91. The average molecular weight is 482 g/mol. The van der Waals surface area contributed by atoms with E-state index in [9.17, 15) is 26.7 Å². The number of nitrogens with one attached hydrogen (secondary N) is 2. The topological polar surface area (TPSA) is 62.7 Å². The molecule has 2 aromatic heterocycles. The second kappa shape index (κ2) is 8.39. The van der Waals surface area contributed by atoms with Crippen molar-refractivity contribution in [2.24, 2.45) is 0 Å². The van der Waals surface area contributed by atoms with Crippen molar-refractivity contribution in [3.63, 3.8) is 0 Å². The number of alkyl halides is 3. The lowest BCUT2D eigenvalue weighted by molar-refractivity contribution is -0.141. The number of benzene rings is 3. The fraction of sp³-hybridized carbons (Fsp3) is 0.0400. The van der Waals surface area contributed by atoms with E-state index in [4.69, 9.17) is 0 Å². The highest BCUT2D eigenvalue weighted by molar-refractivity contribution is 6.07. The molecule has 0 spiro atoms. The summed E-state index contributed by atoms with van der Waals surface area (Å²) in [5.74, 6) is -2.50. The van der Waals surface area contributed by atoms with Gasteiger partial charge in [0.1, 0.15) is 17.5 Å². The van der Waals surface area contributed by atoms with Gasteiger partial charge in [0.2, 0.25) is 0 Å². The largest absolute Gasteiger partial charge is 0.435 e. The average Bonchev–Trinajstić information content (AvgIpc) is 3.43. The molecule has 0 saturated heterocycles. The van der Waals surface area contributed by atoms with Crippen molar-refractivity contribution in [3.05, 3.63) is 102 Å². The Morgan fingerprint density at radius 3 is 2.31 bits per heavy atom. The zero-order valence-electron chi connectivity index (χ0n) is 17.7. The van der Waals surface area contributed by atoms with E-state index in [-0.39, 0.29) is 22.6 Å². The third kappa shape index (κ3) is 4.37. The predicted molar refractivity (Wildman–Crippen MR) is 120 cm³/mol. The van der Waals surface area contributed by atoms with Gasteiger partial charge >= 0.3 is 6.18 Å². The predicted octanol–water partition coefficient (Wildman–Crippen LogP) is 6.57. The number of aromatic nitrogens is 3. The third-order valence-corrected chi connectivity index (χ3v) is 5.34. The molecule has 0 aliphatic carbocycles. The minimum absolute atomic E-state index is 0.0778. The summed E-state index contributed by atoms with van der Waals surface area (Å²) in [6.07, 6.45) is -3.93. The first-order chi connectivity index (χ1) is 16.7. The number of rotatable bonds is 4. The van der Waals surface area contributed by atoms with Gasteiger partial charge in [-0.25, -0.2) is 13.5 Å². The van der Waals surface area contributed by atoms with Crippen LogP contribution in [0.3, 0.4) is 0 Å². The van der Waals surface area contributed by atoms with Crippen molar-refractivity contribution in [1.82, 2.24) is 14.8 Å². The molecule has 1 amide bonds. The summed E-state index contributed by atoms with van der Waals surface area (Å²) in [6.45, 7) is 0. The number of para-hydroxylation sites is 2. The molecule has 0 bridgehead atoms. The van der Waals surface area contributed by atoms with Crippen LogP contribution >= 0.6 is 0 Å². The normalized spacial score (nSPS) is 11.7. The van der Waals surface area contributed by atoms with Crippen LogP contribution in [0.15, 0.2) is 79.0 Å². The Morgan fingerprint density at radius 1 is 0.914 bits per heavy atom. The van der Waals surface area contributed by atoms with E-state index in [1.165, 1.54) is 18.2 Å². The standard InChI is InChI=1S/C25H15F5N4O/c26-16-9-15(10-17(27)12-16)18-6-2-4-8-21(18)32-24(35)19-13-34(33-23(19)25(28,29)30)22-11-14-5-1-3-7-20(14)31-22/h1-13,31H,(H,32,35). The molecular weight excluding hydrogens is 467 g/mol. The molecule has 5 nitrogen and oxygen atoms in total. The fourth-order valence-corrected chi connectivity index (χ4v) is 3.80. The van der Waals surface area contributed by atoms with E-state index < -0.39 is 35.0 Å². The third-order valence-electron chi connectivity index (χ3n) is 5.34.